The zero-order valence-corrected chi connectivity index (χ0v) is 19.9. The van der Waals surface area contributed by atoms with Crippen molar-refractivity contribution in [1.82, 2.24) is 10.2 Å². The first-order valence-corrected chi connectivity index (χ1v) is 12.7. The van der Waals surface area contributed by atoms with E-state index in [-0.39, 0.29) is 5.41 Å². The number of nitriles is 1. The summed E-state index contributed by atoms with van der Waals surface area (Å²) in [6, 6.07) is 22.1. The number of hydrogen-bond donors (Lipinski definition) is 2. The maximum absolute atomic E-state index is 11.7. The second kappa shape index (κ2) is 9.52. The summed E-state index contributed by atoms with van der Waals surface area (Å²) in [5.74, 6) is -0.00181. The van der Waals surface area contributed by atoms with Gasteiger partial charge in [0, 0.05) is 25.0 Å². The third-order valence-electron chi connectivity index (χ3n) is 8.39. The molecule has 0 aromatic heterocycles. The van der Waals surface area contributed by atoms with Crippen LogP contribution in [-0.2, 0) is 17.6 Å². The predicted octanol–water partition coefficient (Wildman–Crippen LogP) is 4.39. The summed E-state index contributed by atoms with van der Waals surface area (Å²) >= 11 is 0. The zero-order chi connectivity index (χ0) is 23.6. The zero-order valence-electron chi connectivity index (χ0n) is 19.9. The van der Waals surface area contributed by atoms with E-state index < -0.39 is 11.4 Å². The van der Waals surface area contributed by atoms with Crippen LogP contribution in [0.2, 0.25) is 0 Å². The van der Waals surface area contributed by atoms with E-state index in [1.54, 1.807) is 0 Å². The predicted molar refractivity (Wildman–Crippen MR) is 132 cm³/mol. The minimum Gasteiger partial charge on any atom is -0.481 e. The van der Waals surface area contributed by atoms with Crippen LogP contribution in [0.4, 0.5) is 0 Å². The van der Waals surface area contributed by atoms with Crippen LogP contribution in [0.25, 0.3) is 0 Å². The van der Waals surface area contributed by atoms with E-state index >= 15 is 0 Å². The van der Waals surface area contributed by atoms with Crippen molar-refractivity contribution in [3.05, 3.63) is 71.3 Å². The Kier molecular flexibility index (Phi) is 6.46. The van der Waals surface area contributed by atoms with Crippen LogP contribution in [0, 0.1) is 22.2 Å². The van der Waals surface area contributed by atoms with Gasteiger partial charge in [0.25, 0.3) is 0 Å². The van der Waals surface area contributed by atoms with E-state index in [4.69, 9.17) is 5.26 Å². The van der Waals surface area contributed by atoms with E-state index in [2.05, 4.69) is 70.9 Å². The quantitative estimate of drug-likeness (QED) is 0.553. The Hall–Kier alpha value is -2.68. The molecule has 178 valence electrons. The van der Waals surface area contributed by atoms with Crippen LogP contribution in [0.15, 0.2) is 54.6 Å². The van der Waals surface area contributed by atoms with E-state index in [0.717, 1.165) is 57.3 Å². The van der Waals surface area contributed by atoms with Crippen LogP contribution in [-0.4, -0.2) is 48.2 Å². The standard InChI is InChI=1S/C29H35N3O2/c30-15-10-22-6-8-23(9-7-22)19-28(20-31-26-18-25(26)24-4-2-1-3-5-24)13-16-32(17-14-28)21-29(11-12-29)27(33)34/h1-9,25-26,31H,10-14,16-21H2,(H,33,34). The number of hydrogen-bond acceptors (Lipinski definition) is 4. The topological polar surface area (TPSA) is 76.4 Å². The van der Waals surface area contributed by atoms with Crippen molar-refractivity contribution in [3.63, 3.8) is 0 Å². The van der Waals surface area contributed by atoms with E-state index in [0.29, 0.717) is 24.9 Å². The molecule has 3 aliphatic rings. The maximum Gasteiger partial charge on any atom is 0.310 e. The molecule has 1 heterocycles. The molecule has 0 spiro atoms. The number of likely N-dealkylation sites (tertiary alicyclic amines) is 1. The summed E-state index contributed by atoms with van der Waals surface area (Å²) in [4.78, 5) is 14.1. The van der Waals surface area contributed by atoms with Gasteiger partial charge < -0.3 is 15.3 Å². The molecule has 34 heavy (non-hydrogen) atoms. The average molecular weight is 458 g/mol. The Morgan fingerprint density at radius 3 is 2.32 bits per heavy atom. The molecule has 2 N–H and O–H groups in total. The first kappa shape index (κ1) is 23.1. The molecular weight excluding hydrogens is 422 g/mol. The smallest absolute Gasteiger partial charge is 0.310 e. The highest BCUT2D eigenvalue weighted by molar-refractivity contribution is 5.78. The highest BCUT2D eigenvalue weighted by atomic mass is 16.4. The monoisotopic (exact) mass is 457 g/mol. The molecule has 2 saturated carbocycles. The molecule has 3 fully saturated rings. The van der Waals surface area contributed by atoms with E-state index in [1.807, 2.05) is 0 Å². The minimum absolute atomic E-state index is 0.178. The third kappa shape index (κ3) is 5.19. The van der Waals surface area contributed by atoms with Gasteiger partial charge in [0.1, 0.15) is 0 Å². The Bertz CT molecular complexity index is 1030. The molecule has 0 amide bonds. The number of nitrogens with zero attached hydrogens (tertiary/aromatic N) is 2. The number of carbonyl (C=O) groups is 1. The van der Waals surface area contributed by atoms with Gasteiger partial charge in [-0.25, -0.2) is 0 Å². The van der Waals surface area contributed by atoms with Crippen LogP contribution in [0.1, 0.15) is 54.7 Å². The van der Waals surface area contributed by atoms with Crippen LogP contribution >= 0.6 is 0 Å². The minimum atomic E-state index is -0.621. The third-order valence-corrected chi connectivity index (χ3v) is 8.39. The number of nitrogens with one attached hydrogen (secondary N) is 1. The molecule has 2 aliphatic carbocycles. The lowest BCUT2D eigenvalue weighted by molar-refractivity contribution is -0.144. The molecular formula is C29H35N3O2. The van der Waals surface area contributed by atoms with Gasteiger partial charge in [-0.2, -0.15) is 5.26 Å². The molecule has 0 radical (unpaired) electrons. The molecule has 1 aliphatic heterocycles. The first-order chi connectivity index (χ1) is 16.5. The van der Waals surface area contributed by atoms with Crippen molar-refractivity contribution in [2.75, 3.05) is 26.2 Å². The van der Waals surface area contributed by atoms with Gasteiger partial charge in [-0.1, -0.05) is 54.6 Å². The van der Waals surface area contributed by atoms with Crippen LogP contribution in [0.5, 0.6) is 0 Å². The summed E-state index contributed by atoms with van der Waals surface area (Å²) < 4.78 is 0. The van der Waals surface area contributed by atoms with Gasteiger partial charge in [0.05, 0.1) is 17.9 Å². The highest BCUT2D eigenvalue weighted by Gasteiger charge is 2.52. The van der Waals surface area contributed by atoms with Crippen molar-refractivity contribution < 1.29 is 9.90 Å². The van der Waals surface area contributed by atoms with Crippen molar-refractivity contribution >= 4 is 5.97 Å². The number of benzene rings is 2. The van der Waals surface area contributed by atoms with Gasteiger partial charge in [-0.15, -0.1) is 0 Å². The number of rotatable bonds is 10. The fraction of sp³-hybridized carbons (Fsp3) is 0.517. The van der Waals surface area contributed by atoms with Gasteiger partial charge in [-0.3, -0.25) is 4.79 Å². The second-order valence-corrected chi connectivity index (χ2v) is 10.9. The molecule has 5 nitrogen and oxygen atoms in total. The molecule has 2 aromatic rings. The molecule has 2 unspecified atom stereocenters. The summed E-state index contributed by atoms with van der Waals surface area (Å²) in [5.41, 5.74) is 3.53. The van der Waals surface area contributed by atoms with Gasteiger partial charge in [-0.05, 0) is 73.7 Å². The molecule has 5 heteroatoms. The molecule has 5 rings (SSSR count). The normalized spacial score (nSPS) is 24.8. The lowest BCUT2D eigenvalue weighted by atomic mass is 9.73. The van der Waals surface area contributed by atoms with Crippen molar-refractivity contribution in [3.8, 4) is 6.07 Å². The Morgan fingerprint density at radius 1 is 1.03 bits per heavy atom. The number of piperidine rings is 1. The highest BCUT2D eigenvalue weighted by Crippen LogP contribution is 2.48. The van der Waals surface area contributed by atoms with Crippen LogP contribution < -0.4 is 5.32 Å². The number of aliphatic carboxylic acids is 1. The number of carboxylic acids is 1. The lowest BCUT2D eigenvalue weighted by Gasteiger charge is -2.43. The van der Waals surface area contributed by atoms with E-state index in [1.165, 1.54) is 17.5 Å². The summed E-state index contributed by atoms with van der Waals surface area (Å²) in [7, 11) is 0. The van der Waals surface area contributed by atoms with Gasteiger partial charge in [0.15, 0.2) is 0 Å². The van der Waals surface area contributed by atoms with Gasteiger partial charge >= 0.3 is 5.97 Å². The van der Waals surface area contributed by atoms with Crippen LogP contribution in [0.3, 0.4) is 0 Å². The van der Waals surface area contributed by atoms with Crippen molar-refractivity contribution in [2.45, 2.75) is 56.9 Å². The molecule has 1 saturated heterocycles. The molecule has 2 aromatic carbocycles. The fourth-order valence-corrected chi connectivity index (χ4v) is 5.76. The SMILES string of the molecule is N#CCc1ccc(CC2(CNC3CC3c3ccccc3)CCN(CC3(C(=O)O)CC3)CC2)cc1. The van der Waals surface area contributed by atoms with E-state index in [9.17, 15) is 9.90 Å². The average Bonchev–Trinajstić information content (AvgIpc) is 3.78. The summed E-state index contributed by atoms with van der Waals surface area (Å²) in [6.45, 7) is 3.64. The Labute approximate surface area is 202 Å². The maximum atomic E-state index is 11.7. The number of carboxylic acid groups (broad SMARTS) is 1. The Balaban J connectivity index is 1.23. The fourth-order valence-electron chi connectivity index (χ4n) is 5.76. The molecule has 2 atom stereocenters. The summed E-state index contributed by atoms with van der Waals surface area (Å²) in [6.07, 6.45) is 6.49. The second-order valence-electron chi connectivity index (χ2n) is 10.9. The lowest BCUT2D eigenvalue weighted by Crippen LogP contribution is -2.48. The van der Waals surface area contributed by atoms with Gasteiger partial charge in [0.2, 0.25) is 0 Å². The van der Waals surface area contributed by atoms with Crippen molar-refractivity contribution in [2.24, 2.45) is 10.8 Å². The molecule has 0 bridgehead atoms. The first-order valence-electron chi connectivity index (χ1n) is 12.7. The largest absolute Gasteiger partial charge is 0.481 e. The van der Waals surface area contributed by atoms with Crippen molar-refractivity contribution in [1.29, 1.82) is 5.26 Å². The Morgan fingerprint density at radius 2 is 1.71 bits per heavy atom. The summed E-state index contributed by atoms with van der Waals surface area (Å²) in [5, 5.41) is 22.5.